The van der Waals surface area contributed by atoms with E-state index in [-0.39, 0.29) is 0 Å². The minimum atomic E-state index is 0.500. The van der Waals surface area contributed by atoms with Crippen LogP contribution in [0.1, 0.15) is 27.2 Å². The van der Waals surface area contributed by atoms with E-state index in [4.69, 9.17) is 5.26 Å². The van der Waals surface area contributed by atoms with E-state index in [1.54, 1.807) is 0 Å². The molecule has 0 atom stereocenters. The predicted octanol–water partition coefficient (Wildman–Crippen LogP) is 2.50. The quantitative estimate of drug-likeness (QED) is 0.517. The molecule has 0 aliphatic rings. The molecule has 0 aliphatic carbocycles. The Hall–Kier alpha value is -0.770. The van der Waals surface area contributed by atoms with Crippen molar-refractivity contribution in [2.75, 3.05) is 0 Å². The molecule has 0 aliphatic heterocycles. The average molecular weight is 123 g/mol. The Morgan fingerprint density at radius 3 is 2.33 bits per heavy atom. The third-order valence-corrected chi connectivity index (χ3v) is 1.06. The third kappa shape index (κ3) is 3.78. The first-order valence-corrected chi connectivity index (χ1v) is 3.31. The topological polar surface area (TPSA) is 23.8 Å². The summed E-state index contributed by atoms with van der Waals surface area (Å²) in [5.74, 6) is 0.500. The minimum Gasteiger partial charge on any atom is -0.193 e. The van der Waals surface area contributed by atoms with Gasteiger partial charge in [0.25, 0.3) is 0 Å². The summed E-state index contributed by atoms with van der Waals surface area (Å²) in [6.45, 7) is 6.15. The highest BCUT2D eigenvalue weighted by atomic mass is 14.2. The van der Waals surface area contributed by atoms with Crippen LogP contribution in [0.4, 0.5) is 0 Å². The summed E-state index contributed by atoms with van der Waals surface area (Å²) in [5, 5.41) is 8.46. The molecule has 0 N–H and O–H groups in total. The van der Waals surface area contributed by atoms with E-state index in [1.807, 2.05) is 13.0 Å². The van der Waals surface area contributed by atoms with E-state index in [9.17, 15) is 0 Å². The van der Waals surface area contributed by atoms with Gasteiger partial charge < -0.3 is 0 Å². The van der Waals surface area contributed by atoms with Gasteiger partial charge in [-0.05, 0) is 12.3 Å². The molecular weight excluding hydrogens is 110 g/mol. The Bertz CT molecular complexity index is 137. The van der Waals surface area contributed by atoms with Gasteiger partial charge in [-0.15, -0.1) is 0 Å². The van der Waals surface area contributed by atoms with Gasteiger partial charge in [-0.2, -0.15) is 5.26 Å². The van der Waals surface area contributed by atoms with Crippen molar-refractivity contribution in [2.45, 2.75) is 27.2 Å². The van der Waals surface area contributed by atoms with Crippen molar-refractivity contribution < 1.29 is 0 Å². The van der Waals surface area contributed by atoms with Gasteiger partial charge in [0.1, 0.15) is 0 Å². The fourth-order valence-corrected chi connectivity index (χ4v) is 0.637. The number of nitriles is 1. The molecule has 0 fully saturated rings. The van der Waals surface area contributed by atoms with E-state index in [2.05, 4.69) is 19.9 Å². The molecule has 0 saturated carbocycles. The summed E-state index contributed by atoms with van der Waals surface area (Å²) in [6, 6.07) is 2.14. The standard InChI is InChI=1S/C8H13N/c1-4-8(6-9)5-7(2)3/h5,7H,4H2,1-3H3/b8-5-. The van der Waals surface area contributed by atoms with Gasteiger partial charge in [0.15, 0.2) is 0 Å². The summed E-state index contributed by atoms with van der Waals surface area (Å²) in [6.07, 6.45) is 2.86. The maximum atomic E-state index is 8.46. The molecule has 0 rings (SSSR count). The molecule has 0 saturated heterocycles. The Balaban J connectivity index is 3.96. The average Bonchev–Trinajstić information content (AvgIpc) is 1.82. The molecule has 0 aromatic rings. The van der Waals surface area contributed by atoms with Gasteiger partial charge in [0, 0.05) is 5.57 Å². The molecule has 0 heterocycles. The molecule has 0 spiro atoms. The fourth-order valence-electron chi connectivity index (χ4n) is 0.637. The summed E-state index contributed by atoms with van der Waals surface area (Å²) < 4.78 is 0. The van der Waals surface area contributed by atoms with Crippen molar-refractivity contribution in [3.63, 3.8) is 0 Å². The highest BCUT2D eigenvalue weighted by molar-refractivity contribution is 5.20. The predicted molar refractivity (Wildman–Crippen MR) is 38.8 cm³/mol. The zero-order valence-electron chi connectivity index (χ0n) is 6.31. The molecule has 1 heteroatoms. The Morgan fingerprint density at radius 1 is 1.67 bits per heavy atom. The molecule has 1 nitrogen and oxygen atoms in total. The van der Waals surface area contributed by atoms with Gasteiger partial charge in [-0.1, -0.05) is 26.8 Å². The van der Waals surface area contributed by atoms with E-state index >= 15 is 0 Å². The SMILES string of the molecule is CC/C(C#N)=C/C(C)C. The van der Waals surface area contributed by atoms with Crippen molar-refractivity contribution in [3.05, 3.63) is 11.6 Å². The van der Waals surface area contributed by atoms with Crippen LogP contribution in [0.2, 0.25) is 0 Å². The maximum Gasteiger partial charge on any atom is 0.0943 e. The second-order valence-corrected chi connectivity index (χ2v) is 2.40. The molecule has 50 valence electrons. The van der Waals surface area contributed by atoms with Crippen LogP contribution in [0.3, 0.4) is 0 Å². The van der Waals surface area contributed by atoms with E-state index in [0.717, 1.165) is 12.0 Å². The van der Waals surface area contributed by atoms with Crippen LogP contribution >= 0.6 is 0 Å². The summed E-state index contributed by atoms with van der Waals surface area (Å²) in [5.41, 5.74) is 0.894. The third-order valence-electron chi connectivity index (χ3n) is 1.06. The van der Waals surface area contributed by atoms with Gasteiger partial charge in [0.05, 0.1) is 6.07 Å². The van der Waals surface area contributed by atoms with E-state index in [1.165, 1.54) is 0 Å². The van der Waals surface area contributed by atoms with Crippen LogP contribution in [0.15, 0.2) is 11.6 Å². The normalized spacial score (nSPS) is 11.7. The number of nitrogens with zero attached hydrogens (tertiary/aromatic N) is 1. The molecule has 0 bridgehead atoms. The van der Waals surface area contributed by atoms with Crippen molar-refractivity contribution in [3.8, 4) is 6.07 Å². The Morgan fingerprint density at radius 2 is 2.22 bits per heavy atom. The first-order valence-electron chi connectivity index (χ1n) is 3.31. The van der Waals surface area contributed by atoms with Crippen LogP contribution in [0, 0.1) is 17.2 Å². The molecule has 0 aromatic heterocycles. The van der Waals surface area contributed by atoms with Crippen LogP contribution in [-0.2, 0) is 0 Å². The van der Waals surface area contributed by atoms with E-state index < -0.39 is 0 Å². The number of hydrogen-bond donors (Lipinski definition) is 0. The second-order valence-electron chi connectivity index (χ2n) is 2.40. The van der Waals surface area contributed by atoms with Crippen molar-refractivity contribution >= 4 is 0 Å². The zero-order chi connectivity index (χ0) is 7.28. The van der Waals surface area contributed by atoms with Gasteiger partial charge in [-0.25, -0.2) is 0 Å². The molecular formula is C8H13N. The van der Waals surface area contributed by atoms with E-state index in [0.29, 0.717) is 5.92 Å². The lowest BCUT2D eigenvalue weighted by Gasteiger charge is -1.94. The molecule has 9 heavy (non-hydrogen) atoms. The number of hydrogen-bond acceptors (Lipinski definition) is 1. The highest BCUT2D eigenvalue weighted by Gasteiger charge is 1.91. The lowest BCUT2D eigenvalue weighted by atomic mass is 10.1. The molecule has 0 aromatic carbocycles. The highest BCUT2D eigenvalue weighted by Crippen LogP contribution is 2.03. The van der Waals surface area contributed by atoms with Crippen molar-refractivity contribution in [2.24, 2.45) is 5.92 Å². The first kappa shape index (κ1) is 8.23. The fraction of sp³-hybridized carbons (Fsp3) is 0.625. The maximum absolute atomic E-state index is 8.46. The minimum absolute atomic E-state index is 0.500. The number of allylic oxidation sites excluding steroid dienone is 2. The van der Waals surface area contributed by atoms with Crippen molar-refractivity contribution in [1.29, 1.82) is 5.26 Å². The second kappa shape index (κ2) is 4.14. The first-order chi connectivity index (χ1) is 4.20. The van der Waals surface area contributed by atoms with Crippen LogP contribution in [-0.4, -0.2) is 0 Å². The van der Waals surface area contributed by atoms with Crippen LogP contribution in [0.25, 0.3) is 0 Å². The van der Waals surface area contributed by atoms with Gasteiger partial charge in [-0.3, -0.25) is 0 Å². The largest absolute Gasteiger partial charge is 0.193 e. The summed E-state index contributed by atoms with van der Waals surface area (Å²) >= 11 is 0. The zero-order valence-corrected chi connectivity index (χ0v) is 6.31. The molecule has 0 radical (unpaired) electrons. The summed E-state index contributed by atoms with van der Waals surface area (Å²) in [4.78, 5) is 0. The lowest BCUT2D eigenvalue weighted by molar-refractivity contribution is 0.819. The lowest BCUT2D eigenvalue weighted by Crippen LogP contribution is -1.82. The van der Waals surface area contributed by atoms with Crippen molar-refractivity contribution in [1.82, 2.24) is 0 Å². The van der Waals surface area contributed by atoms with Crippen LogP contribution in [0.5, 0.6) is 0 Å². The Kier molecular flexibility index (Phi) is 3.79. The van der Waals surface area contributed by atoms with Gasteiger partial charge in [0.2, 0.25) is 0 Å². The molecule has 0 amide bonds. The monoisotopic (exact) mass is 123 g/mol. The number of rotatable bonds is 2. The Labute approximate surface area is 57.0 Å². The molecule has 0 unspecified atom stereocenters. The van der Waals surface area contributed by atoms with Gasteiger partial charge >= 0.3 is 0 Å². The van der Waals surface area contributed by atoms with Crippen LogP contribution < -0.4 is 0 Å². The smallest absolute Gasteiger partial charge is 0.0943 e. The summed E-state index contributed by atoms with van der Waals surface area (Å²) in [7, 11) is 0.